The predicted molar refractivity (Wildman–Crippen MR) is 47.0 cm³/mol. The average Bonchev–Trinajstić information content (AvgIpc) is 1.95. The summed E-state index contributed by atoms with van der Waals surface area (Å²) in [5, 5.41) is 13.5. The Morgan fingerprint density at radius 3 is 2.55 bits per heavy atom. The fraction of sp³-hybridized carbons (Fsp3) is 0.875. The molecule has 1 aliphatic carbocycles. The van der Waals surface area contributed by atoms with E-state index in [1.807, 2.05) is 14.1 Å². The van der Waals surface area contributed by atoms with Gasteiger partial charge in [-0.15, -0.1) is 0 Å². The third-order valence-corrected chi connectivity index (χ3v) is 2.44. The maximum atomic E-state index is 7.40. The van der Waals surface area contributed by atoms with E-state index in [1.165, 1.54) is 12.8 Å². The summed E-state index contributed by atoms with van der Waals surface area (Å²) in [7, 11) is 3.82. The molecule has 0 saturated heterocycles. The smallest absolute Gasteiger partial charge is 0.0931 e. The molecule has 1 saturated carbocycles. The lowest BCUT2D eigenvalue weighted by Crippen LogP contribution is -2.40. The Kier molecular flexibility index (Phi) is 2.88. The Labute approximate surface area is 68.1 Å². The summed E-state index contributed by atoms with van der Waals surface area (Å²) in [6, 6.07) is 0.713. The van der Waals surface area contributed by atoms with Gasteiger partial charge < -0.3 is 10.6 Å². The minimum atomic E-state index is 0.671. The molecule has 1 fully saturated rings. The summed E-state index contributed by atoms with van der Waals surface area (Å²) in [4.78, 5) is 0. The molecule has 11 heavy (non-hydrogen) atoms. The van der Waals surface area contributed by atoms with Crippen LogP contribution in [0.5, 0.6) is 0 Å². The van der Waals surface area contributed by atoms with Crippen LogP contribution in [-0.4, -0.2) is 26.0 Å². The maximum Gasteiger partial charge on any atom is 0.0931 e. The molecule has 0 aromatic heterocycles. The molecule has 0 bridgehead atoms. The first-order valence-corrected chi connectivity index (χ1v) is 4.18. The van der Waals surface area contributed by atoms with E-state index in [1.54, 1.807) is 0 Å². The molecule has 0 unspecified atom stereocenters. The van der Waals surface area contributed by atoms with Gasteiger partial charge in [0.05, 0.1) is 5.84 Å². The topological polar surface area (TPSA) is 47.9 Å². The fourth-order valence-corrected chi connectivity index (χ4v) is 1.53. The Morgan fingerprint density at radius 2 is 2.09 bits per heavy atom. The predicted octanol–water partition coefficient (Wildman–Crippen LogP) is 0.571. The molecule has 0 aromatic rings. The van der Waals surface area contributed by atoms with Crippen molar-refractivity contribution >= 4 is 5.84 Å². The summed E-state index contributed by atoms with van der Waals surface area (Å²) >= 11 is 0. The van der Waals surface area contributed by atoms with E-state index >= 15 is 0 Å². The molecule has 0 aromatic carbocycles. The molecule has 0 aliphatic heterocycles. The quantitative estimate of drug-likeness (QED) is 0.412. The number of rotatable bonds is 3. The van der Waals surface area contributed by atoms with E-state index in [0.717, 1.165) is 12.3 Å². The molecule has 0 radical (unpaired) electrons. The lowest BCUT2D eigenvalue weighted by Gasteiger charge is -2.35. The molecule has 3 nitrogen and oxygen atoms in total. The van der Waals surface area contributed by atoms with Gasteiger partial charge in [0.1, 0.15) is 0 Å². The van der Waals surface area contributed by atoms with Crippen LogP contribution in [0.25, 0.3) is 0 Å². The summed E-state index contributed by atoms with van der Waals surface area (Å²) in [6.45, 7) is 0. The Balaban J connectivity index is 2.08. The number of amidine groups is 1. The molecule has 0 spiro atoms. The molecular formula is C8H17N3. The van der Waals surface area contributed by atoms with Crippen LogP contribution >= 0.6 is 0 Å². The van der Waals surface area contributed by atoms with Gasteiger partial charge in [0.15, 0.2) is 0 Å². The zero-order valence-electron chi connectivity index (χ0n) is 7.28. The first-order valence-electron chi connectivity index (χ1n) is 4.18. The zero-order chi connectivity index (χ0) is 8.27. The van der Waals surface area contributed by atoms with Crippen molar-refractivity contribution in [2.45, 2.75) is 25.3 Å². The maximum absolute atomic E-state index is 7.40. The summed E-state index contributed by atoms with van der Waals surface area (Å²) in [5.41, 5.74) is 0. The van der Waals surface area contributed by atoms with Crippen molar-refractivity contribution in [2.24, 2.45) is 5.92 Å². The van der Waals surface area contributed by atoms with Crippen molar-refractivity contribution in [1.29, 1.82) is 5.41 Å². The Bertz CT molecular complexity index is 138. The zero-order valence-corrected chi connectivity index (χ0v) is 7.28. The van der Waals surface area contributed by atoms with Gasteiger partial charge in [-0.3, -0.25) is 5.41 Å². The average molecular weight is 155 g/mol. The van der Waals surface area contributed by atoms with Gasteiger partial charge in [0, 0.05) is 19.5 Å². The van der Waals surface area contributed by atoms with E-state index in [-0.39, 0.29) is 0 Å². The van der Waals surface area contributed by atoms with Gasteiger partial charge in [-0.05, 0) is 25.8 Å². The van der Waals surface area contributed by atoms with Gasteiger partial charge in [0.2, 0.25) is 0 Å². The summed E-state index contributed by atoms with van der Waals surface area (Å²) in [5.74, 6) is 1.41. The standard InChI is InChI=1S/C8H17N3/c1-10-7-3-6(4-7)5-8(9)11-2/h6-7,10H,3-5H2,1-2H3,(H2,9,11)/t6-,7+. The Hall–Kier alpha value is -0.570. The lowest BCUT2D eigenvalue weighted by molar-refractivity contribution is 0.239. The highest BCUT2D eigenvalue weighted by Crippen LogP contribution is 2.29. The molecule has 1 rings (SSSR count). The van der Waals surface area contributed by atoms with Gasteiger partial charge in [-0.1, -0.05) is 0 Å². The minimum absolute atomic E-state index is 0.671. The van der Waals surface area contributed by atoms with Crippen molar-refractivity contribution in [3.63, 3.8) is 0 Å². The van der Waals surface area contributed by atoms with E-state index in [2.05, 4.69) is 10.6 Å². The number of hydrogen-bond acceptors (Lipinski definition) is 2. The highest BCUT2D eigenvalue weighted by molar-refractivity contribution is 5.78. The van der Waals surface area contributed by atoms with Crippen LogP contribution in [0.15, 0.2) is 0 Å². The summed E-state index contributed by atoms with van der Waals surface area (Å²) < 4.78 is 0. The summed E-state index contributed by atoms with van der Waals surface area (Å²) in [6.07, 6.45) is 3.40. The second-order valence-corrected chi connectivity index (χ2v) is 3.26. The number of hydrogen-bond donors (Lipinski definition) is 3. The molecule has 64 valence electrons. The van der Waals surface area contributed by atoms with Gasteiger partial charge in [-0.25, -0.2) is 0 Å². The highest BCUT2D eigenvalue weighted by atomic mass is 14.9. The Morgan fingerprint density at radius 1 is 1.45 bits per heavy atom. The van der Waals surface area contributed by atoms with Crippen LogP contribution in [0.3, 0.4) is 0 Å². The number of nitrogens with one attached hydrogen (secondary N) is 3. The van der Waals surface area contributed by atoms with Crippen molar-refractivity contribution in [1.82, 2.24) is 10.6 Å². The fourth-order valence-electron chi connectivity index (χ4n) is 1.53. The van der Waals surface area contributed by atoms with Crippen molar-refractivity contribution in [3.05, 3.63) is 0 Å². The third kappa shape index (κ3) is 2.19. The van der Waals surface area contributed by atoms with Crippen LogP contribution in [0.1, 0.15) is 19.3 Å². The highest BCUT2D eigenvalue weighted by Gasteiger charge is 2.27. The largest absolute Gasteiger partial charge is 0.377 e. The second kappa shape index (κ2) is 3.72. The normalized spacial score (nSPS) is 29.3. The van der Waals surface area contributed by atoms with Crippen molar-refractivity contribution in [3.8, 4) is 0 Å². The molecule has 0 atom stereocenters. The van der Waals surface area contributed by atoms with Crippen LogP contribution in [0, 0.1) is 11.3 Å². The van der Waals surface area contributed by atoms with Crippen molar-refractivity contribution in [2.75, 3.05) is 14.1 Å². The van der Waals surface area contributed by atoms with Crippen molar-refractivity contribution < 1.29 is 0 Å². The molecule has 0 heterocycles. The third-order valence-electron chi connectivity index (χ3n) is 2.44. The monoisotopic (exact) mass is 155 g/mol. The first kappa shape index (κ1) is 8.53. The molecule has 3 heteroatoms. The minimum Gasteiger partial charge on any atom is -0.377 e. The van der Waals surface area contributed by atoms with Crippen LogP contribution < -0.4 is 10.6 Å². The van der Waals surface area contributed by atoms with E-state index in [0.29, 0.717) is 11.9 Å². The lowest BCUT2D eigenvalue weighted by atomic mass is 9.78. The first-order chi connectivity index (χ1) is 5.26. The van der Waals surface area contributed by atoms with Gasteiger partial charge >= 0.3 is 0 Å². The van der Waals surface area contributed by atoms with Crippen LogP contribution in [0.4, 0.5) is 0 Å². The van der Waals surface area contributed by atoms with Crippen LogP contribution in [0.2, 0.25) is 0 Å². The van der Waals surface area contributed by atoms with Gasteiger partial charge in [0.25, 0.3) is 0 Å². The second-order valence-electron chi connectivity index (χ2n) is 3.26. The van der Waals surface area contributed by atoms with Crippen LogP contribution in [-0.2, 0) is 0 Å². The van der Waals surface area contributed by atoms with E-state index in [9.17, 15) is 0 Å². The SMILES string of the molecule is CNC(=N)C[C@H]1C[C@@H](NC)C1. The molecule has 0 amide bonds. The molecule has 1 aliphatic rings. The van der Waals surface area contributed by atoms with E-state index < -0.39 is 0 Å². The molecule has 3 N–H and O–H groups in total. The molecular weight excluding hydrogens is 138 g/mol. The van der Waals surface area contributed by atoms with E-state index in [4.69, 9.17) is 5.41 Å². The van der Waals surface area contributed by atoms with Gasteiger partial charge in [-0.2, -0.15) is 0 Å².